The third-order valence-electron chi connectivity index (χ3n) is 2.34. The lowest BCUT2D eigenvalue weighted by Gasteiger charge is -2.05. The van der Waals surface area contributed by atoms with E-state index in [1.54, 1.807) is 24.7 Å². The van der Waals surface area contributed by atoms with Gasteiger partial charge in [-0.2, -0.15) is 0 Å². The van der Waals surface area contributed by atoms with Gasteiger partial charge in [-0.1, -0.05) is 0 Å². The summed E-state index contributed by atoms with van der Waals surface area (Å²) >= 11 is 0. The van der Waals surface area contributed by atoms with E-state index in [2.05, 4.69) is 9.97 Å². The number of hydrogen-bond donors (Lipinski definition) is 2. The molecule has 2 heterocycles. The number of pyridine rings is 2. The highest BCUT2D eigenvalue weighted by Gasteiger charge is 2.07. The van der Waals surface area contributed by atoms with E-state index in [1.807, 2.05) is 12.1 Å². The lowest BCUT2D eigenvalue weighted by molar-refractivity contribution is -0.136. The van der Waals surface area contributed by atoms with Crippen LogP contribution in [0, 0.1) is 0 Å². The highest BCUT2D eigenvalue weighted by molar-refractivity contribution is 5.73. The molecule has 2 aromatic rings. The molecular weight excluding hydrogens is 218 g/mol. The maximum Gasteiger partial charge on any atom is 0.309 e. The van der Waals surface area contributed by atoms with Gasteiger partial charge in [0.15, 0.2) is 0 Å². The first-order valence-corrected chi connectivity index (χ1v) is 5.03. The Kier molecular flexibility index (Phi) is 3.00. The van der Waals surface area contributed by atoms with Gasteiger partial charge in [-0.05, 0) is 23.8 Å². The van der Waals surface area contributed by atoms with Gasteiger partial charge in [0.1, 0.15) is 0 Å². The number of carboxylic acids is 1. The van der Waals surface area contributed by atoms with Gasteiger partial charge in [0, 0.05) is 24.2 Å². The van der Waals surface area contributed by atoms with Gasteiger partial charge in [0.25, 0.3) is 0 Å². The zero-order valence-corrected chi connectivity index (χ0v) is 9.00. The second-order valence-electron chi connectivity index (χ2n) is 3.57. The lowest BCUT2D eigenvalue weighted by Crippen LogP contribution is -2.06. The van der Waals surface area contributed by atoms with Crippen molar-refractivity contribution in [1.82, 2.24) is 9.97 Å². The van der Waals surface area contributed by atoms with Crippen LogP contribution in [0.5, 0.6) is 0 Å². The van der Waals surface area contributed by atoms with Crippen molar-refractivity contribution in [2.24, 2.45) is 0 Å². The quantitative estimate of drug-likeness (QED) is 0.829. The molecule has 0 aliphatic heterocycles. The summed E-state index contributed by atoms with van der Waals surface area (Å²) in [5.41, 5.74) is 8.33. The van der Waals surface area contributed by atoms with E-state index in [1.165, 1.54) is 0 Å². The SMILES string of the molecule is Nc1cc(-c2ccncc2)cnc1CC(=O)O. The lowest BCUT2D eigenvalue weighted by atomic mass is 10.1. The van der Waals surface area contributed by atoms with Crippen molar-refractivity contribution in [3.05, 3.63) is 42.5 Å². The van der Waals surface area contributed by atoms with Crippen molar-refractivity contribution in [2.75, 3.05) is 5.73 Å². The van der Waals surface area contributed by atoms with E-state index in [9.17, 15) is 4.79 Å². The molecular formula is C12H11N3O2. The van der Waals surface area contributed by atoms with Crippen molar-refractivity contribution < 1.29 is 9.90 Å². The number of nitrogen functional groups attached to an aromatic ring is 1. The number of nitrogens with two attached hydrogens (primary N) is 1. The molecule has 0 spiro atoms. The Bertz CT molecular complexity index is 541. The summed E-state index contributed by atoms with van der Waals surface area (Å²) in [7, 11) is 0. The number of nitrogens with zero attached hydrogens (tertiary/aromatic N) is 2. The molecule has 5 heteroatoms. The number of carboxylic acid groups (broad SMARTS) is 1. The van der Waals surface area contributed by atoms with E-state index in [-0.39, 0.29) is 6.42 Å². The molecule has 0 aliphatic rings. The predicted octanol–water partition coefficient (Wildman–Crippen LogP) is 1.35. The largest absolute Gasteiger partial charge is 0.481 e. The van der Waals surface area contributed by atoms with Crippen LogP contribution in [-0.2, 0) is 11.2 Å². The molecule has 2 rings (SSSR count). The summed E-state index contributed by atoms with van der Waals surface area (Å²) < 4.78 is 0. The topological polar surface area (TPSA) is 89.1 Å². The van der Waals surface area contributed by atoms with E-state index >= 15 is 0 Å². The first-order chi connectivity index (χ1) is 8.16. The molecule has 5 nitrogen and oxygen atoms in total. The van der Waals surface area contributed by atoms with E-state index < -0.39 is 5.97 Å². The average molecular weight is 229 g/mol. The number of anilines is 1. The minimum atomic E-state index is -0.944. The summed E-state index contributed by atoms with van der Waals surface area (Å²) in [6, 6.07) is 5.40. The Morgan fingerprint density at radius 1 is 1.29 bits per heavy atom. The number of hydrogen-bond acceptors (Lipinski definition) is 4. The van der Waals surface area contributed by atoms with Crippen LogP contribution in [0.4, 0.5) is 5.69 Å². The zero-order valence-electron chi connectivity index (χ0n) is 9.00. The standard InChI is InChI=1S/C12H11N3O2/c13-10-5-9(8-1-3-14-4-2-8)7-15-11(10)6-12(16)17/h1-5,7H,6,13H2,(H,16,17). The van der Waals surface area contributed by atoms with Gasteiger partial charge in [0.05, 0.1) is 17.8 Å². The fourth-order valence-electron chi connectivity index (χ4n) is 1.50. The summed E-state index contributed by atoms with van der Waals surface area (Å²) in [6.45, 7) is 0. The second-order valence-corrected chi connectivity index (χ2v) is 3.57. The Morgan fingerprint density at radius 3 is 2.59 bits per heavy atom. The fraction of sp³-hybridized carbons (Fsp3) is 0.0833. The molecule has 0 aliphatic carbocycles. The summed E-state index contributed by atoms with van der Waals surface area (Å²) in [5, 5.41) is 8.67. The number of aromatic nitrogens is 2. The van der Waals surface area contributed by atoms with Crippen LogP contribution in [0.15, 0.2) is 36.8 Å². The Labute approximate surface area is 98.0 Å². The van der Waals surface area contributed by atoms with E-state index in [4.69, 9.17) is 10.8 Å². The number of rotatable bonds is 3. The molecule has 0 unspecified atom stereocenters. The van der Waals surface area contributed by atoms with Crippen LogP contribution in [-0.4, -0.2) is 21.0 Å². The summed E-state index contributed by atoms with van der Waals surface area (Å²) in [6.07, 6.45) is 4.81. The summed E-state index contributed by atoms with van der Waals surface area (Å²) in [4.78, 5) is 18.6. The van der Waals surface area contributed by atoms with Crippen LogP contribution >= 0.6 is 0 Å². The van der Waals surface area contributed by atoms with Crippen LogP contribution < -0.4 is 5.73 Å². The van der Waals surface area contributed by atoms with Gasteiger partial charge in [-0.15, -0.1) is 0 Å². The van der Waals surface area contributed by atoms with Crippen molar-refractivity contribution in [3.8, 4) is 11.1 Å². The molecule has 0 bridgehead atoms. The van der Waals surface area contributed by atoms with E-state index in [0.717, 1.165) is 11.1 Å². The van der Waals surface area contributed by atoms with Gasteiger partial charge in [-0.25, -0.2) is 0 Å². The second kappa shape index (κ2) is 4.61. The smallest absolute Gasteiger partial charge is 0.309 e. The van der Waals surface area contributed by atoms with Crippen LogP contribution in [0.2, 0.25) is 0 Å². The first-order valence-electron chi connectivity index (χ1n) is 5.03. The Hall–Kier alpha value is -2.43. The van der Waals surface area contributed by atoms with Crippen LogP contribution in [0.3, 0.4) is 0 Å². The van der Waals surface area contributed by atoms with Crippen LogP contribution in [0.1, 0.15) is 5.69 Å². The third kappa shape index (κ3) is 2.57. The van der Waals surface area contributed by atoms with Gasteiger partial charge in [-0.3, -0.25) is 14.8 Å². The Balaban J connectivity index is 2.34. The molecule has 2 aromatic heterocycles. The average Bonchev–Trinajstić information content (AvgIpc) is 2.32. The zero-order chi connectivity index (χ0) is 12.3. The van der Waals surface area contributed by atoms with Crippen molar-refractivity contribution >= 4 is 11.7 Å². The Morgan fingerprint density at radius 2 is 2.00 bits per heavy atom. The fourth-order valence-corrected chi connectivity index (χ4v) is 1.50. The maximum absolute atomic E-state index is 10.6. The minimum Gasteiger partial charge on any atom is -0.481 e. The van der Waals surface area contributed by atoms with Crippen LogP contribution in [0.25, 0.3) is 11.1 Å². The highest BCUT2D eigenvalue weighted by atomic mass is 16.4. The predicted molar refractivity (Wildman–Crippen MR) is 63.2 cm³/mol. The molecule has 0 saturated heterocycles. The molecule has 0 aromatic carbocycles. The first kappa shape index (κ1) is 11.1. The van der Waals surface area contributed by atoms with Gasteiger partial charge >= 0.3 is 5.97 Å². The molecule has 17 heavy (non-hydrogen) atoms. The van der Waals surface area contributed by atoms with E-state index in [0.29, 0.717) is 11.4 Å². The molecule has 0 saturated carbocycles. The van der Waals surface area contributed by atoms with Gasteiger partial charge < -0.3 is 10.8 Å². The molecule has 0 amide bonds. The third-order valence-corrected chi connectivity index (χ3v) is 2.34. The number of carbonyl (C=O) groups is 1. The monoisotopic (exact) mass is 229 g/mol. The normalized spacial score (nSPS) is 10.1. The molecule has 0 fully saturated rings. The molecule has 86 valence electrons. The number of aliphatic carboxylic acids is 1. The van der Waals surface area contributed by atoms with Gasteiger partial charge in [0.2, 0.25) is 0 Å². The highest BCUT2D eigenvalue weighted by Crippen LogP contribution is 2.21. The van der Waals surface area contributed by atoms with Crippen molar-refractivity contribution in [2.45, 2.75) is 6.42 Å². The summed E-state index contributed by atoms with van der Waals surface area (Å²) in [5.74, 6) is -0.944. The maximum atomic E-state index is 10.6. The molecule has 0 atom stereocenters. The molecule has 0 radical (unpaired) electrons. The molecule has 3 N–H and O–H groups in total. The minimum absolute atomic E-state index is 0.164. The van der Waals surface area contributed by atoms with Crippen molar-refractivity contribution in [1.29, 1.82) is 0 Å². The van der Waals surface area contributed by atoms with Crippen molar-refractivity contribution in [3.63, 3.8) is 0 Å².